The SMILES string of the molecule is CC(C)(C)OC(=O)NC1(C2(CCN)CCC2)CCCC1. The molecule has 2 aliphatic rings. The Balaban J connectivity index is 2.11. The summed E-state index contributed by atoms with van der Waals surface area (Å²) in [6.45, 7) is 6.43. The number of carbonyl (C=O) groups excluding carboxylic acids is 1. The van der Waals surface area contributed by atoms with Crippen molar-refractivity contribution in [2.75, 3.05) is 6.54 Å². The molecule has 0 atom stereocenters. The zero-order chi connectivity index (χ0) is 14.9. The molecule has 0 bridgehead atoms. The second-order valence-electron chi connectivity index (χ2n) is 7.59. The molecule has 2 fully saturated rings. The molecular formula is C16H30N2O2. The van der Waals surface area contributed by atoms with Crippen molar-refractivity contribution in [3.63, 3.8) is 0 Å². The quantitative estimate of drug-likeness (QED) is 0.831. The molecule has 2 rings (SSSR count). The van der Waals surface area contributed by atoms with Gasteiger partial charge in [0.1, 0.15) is 5.60 Å². The Morgan fingerprint density at radius 3 is 2.15 bits per heavy atom. The molecule has 0 unspecified atom stereocenters. The molecule has 2 aliphatic carbocycles. The summed E-state index contributed by atoms with van der Waals surface area (Å²) >= 11 is 0. The number of nitrogens with two attached hydrogens (primary N) is 1. The van der Waals surface area contributed by atoms with Crippen LogP contribution in [0, 0.1) is 5.41 Å². The van der Waals surface area contributed by atoms with Crippen molar-refractivity contribution in [1.82, 2.24) is 5.32 Å². The molecule has 4 heteroatoms. The molecule has 0 aromatic heterocycles. The minimum absolute atomic E-state index is 0.0764. The molecule has 4 nitrogen and oxygen atoms in total. The lowest BCUT2D eigenvalue weighted by molar-refractivity contribution is -0.0172. The molecule has 0 aliphatic heterocycles. The van der Waals surface area contributed by atoms with Crippen LogP contribution in [0.25, 0.3) is 0 Å². The number of carbonyl (C=O) groups is 1. The van der Waals surface area contributed by atoms with E-state index in [4.69, 9.17) is 10.5 Å². The van der Waals surface area contributed by atoms with E-state index >= 15 is 0 Å². The van der Waals surface area contributed by atoms with Crippen molar-refractivity contribution in [3.8, 4) is 0 Å². The third-order valence-electron chi connectivity index (χ3n) is 5.15. The van der Waals surface area contributed by atoms with E-state index in [0.717, 1.165) is 19.3 Å². The van der Waals surface area contributed by atoms with E-state index in [1.54, 1.807) is 0 Å². The highest BCUT2D eigenvalue weighted by molar-refractivity contribution is 5.69. The maximum atomic E-state index is 12.2. The molecule has 0 radical (unpaired) electrons. The summed E-state index contributed by atoms with van der Waals surface area (Å²) in [5.74, 6) is 0. The van der Waals surface area contributed by atoms with Gasteiger partial charge in [0.15, 0.2) is 0 Å². The fourth-order valence-corrected chi connectivity index (χ4v) is 4.11. The first-order valence-corrected chi connectivity index (χ1v) is 8.04. The van der Waals surface area contributed by atoms with Crippen LogP contribution < -0.4 is 11.1 Å². The summed E-state index contributed by atoms with van der Waals surface area (Å²) in [6, 6.07) is 0. The standard InChI is InChI=1S/C16H30N2O2/c1-14(2,3)20-13(19)18-16(9-4-5-10-16)15(11-12-17)7-6-8-15/h4-12,17H2,1-3H3,(H,18,19). The van der Waals surface area contributed by atoms with Gasteiger partial charge < -0.3 is 15.8 Å². The van der Waals surface area contributed by atoms with E-state index in [2.05, 4.69) is 5.32 Å². The van der Waals surface area contributed by atoms with Crippen LogP contribution in [0.5, 0.6) is 0 Å². The van der Waals surface area contributed by atoms with E-state index in [1.807, 2.05) is 20.8 Å². The lowest BCUT2D eigenvalue weighted by atomic mass is 9.54. The average Bonchev–Trinajstić information content (AvgIpc) is 2.70. The summed E-state index contributed by atoms with van der Waals surface area (Å²) in [7, 11) is 0. The third kappa shape index (κ3) is 2.95. The minimum Gasteiger partial charge on any atom is -0.444 e. The Labute approximate surface area is 122 Å². The summed E-state index contributed by atoms with van der Waals surface area (Å²) < 4.78 is 5.49. The van der Waals surface area contributed by atoms with Crippen molar-refractivity contribution in [3.05, 3.63) is 0 Å². The second-order valence-corrected chi connectivity index (χ2v) is 7.59. The Bertz CT molecular complexity index is 350. The maximum absolute atomic E-state index is 12.2. The number of rotatable bonds is 4. The Morgan fingerprint density at radius 1 is 1.15 bits per heavy atom. The number of hydrogen-bond acceptors (Lipinski definition) is 3. The summed E-state index contributed by atoms with van der Waals surface area (Å²) in [5.41, 5.74) is 5.54. The van der Waals surface area contributed by atoms with Crippen molar-refractivity contribution in [1.29, 1.82) is 0 Å². The van der Waals surface area contributed by atoms with Gasteiger partial charge in [-0.25, -0.2) is 4.79 Å². The molecule has 0 aromatic carbocycles. The smallest absolute Gasteiger partial charge is 0.408 e. The summed E-state index contributed by atoms with van der Waals surface area (Å²) in [4.78, 5) is 12.2. The predicted octanol–water partition coefficient (Wildman–Crippen LogP) is 3.34. The zero-order valence-corrected chi connectivity index (χ0v) is 13.3. The average molecular weight is 282 g/mol. The topological polar surface area (TPSA) is 64.3 Å². The highest BCUT2D eigenvalue weighted by Gasteiger charge is 2.56. The maximum Gasteiger partial charge on any atom is 0.408 e. The van der Waals surface area contributed by atoms with Gasteiger partial charge in [-0.15, -0.1) is 0 Å². The van der Waals surface area contributed by atoms with Gasteiger partial charge in [0.2, 0.25) is 0 Å². The summed E-state index contributed by atoms with van der Waals surface area (Å²) in [6.07, 6.45) is 8.95. The number of alkyl carbamates (subject to hydrolysis) is 1. The van der Waals surface area contributed by atoms with Crippen LogP contribution >= 0.6 is 0 Å². The van der Waals surface area contributed by atoms with Gasteiger partial charge in [0.05, 0.1) is 0 Å². The van der Waals surface area contributed by atoms with E-state index in [0.29, 0.717) is 6.54 Å². The molecule has 20 heavy (non-hydrogen) atoms. The normalized spacial score (nSPS) is 24.0. The van der Waals surface area contributed by atoms with E-state index < -0.39 is 5.60 Å². The molecular weight excluding hydrogens is 252 g/mol. The van der Waals surface area contributed by atoms with Gasteiger partial charge in [-0.1, -0.05) is 19.3 Å². The van der Waals surface area contributed by atoms with Gasteiger partial charge in [-0.05, 0) is 64.8 Å². The molecule has 2 saturated carbocycles. The Hall–Kier alpha value is -0.770. The largest absolute Gasteiger partial charge is 0.444 e. The molecule has 0 aromatic rings. The minimum atomic E-state index is -0.440. The van der Waals surface area contributed by atoms with Crippen LogP contribution in [0.4, 0.5) is 4.79 Å². The third-order valence-corrected chi connectivity index (χ3v) is 5.15. The predicted molar refractivity (Wildman–Crippen MR) is 80.5 cm³/mol. The van der Waals surface area contributed by atoms with Crippen molar-refractivity contribution in [2.24, 2.45) is 11.1 Å². The molecule has 0 heterocycles. The van der Waals surface area contributed by atoms with Crippen LogP contribution in [-0.4, -0.2) is 23.8 Å². The van der Waals surface area contributed by atoms with E-state index in [1.165, 1.54) is 32.1 Å². The van der Waals surface area contributed by atoms with E-state index in [9.17, 15) is 4.79 Å². The fourth-order valence-electron chi connectivity index (χ4n) is 4.11. The zero-order valence-electron chi connectivity index (χ0n) is 13.3. The molecule has 0 spiro atoms. The second kappa shape index (κ2) is 5.55. The monoisotopic (exact) mass is 282 g/mol. The number of ether oxygens (including phenoxy) is 1. The van der Waals surface area contributed by atoms with E-state index in [-0.39, 0.29) is 17.0 Å². The van der Waals surface area contributed by atoms with Gasteiger partial charge in [-0.3, -0.25) is 0 Å². The van der Waals surface area contributed by atoms with Gasteiger partial charge in [0.25, 0.3) is 0 Å². The van der Waals surface area contributed by atoms with Gasteiger partial charge in [0, 0.05) is 5.54 Å². The Morgan fingerprint density at radius 2 is 1.75 bits per heavy atom. The van der Waals surface area contributed by atoms with Crippen molar-refractivity contribution >= 4 is 6.09 Å². The molecule has 3 N–H and O–H groups in total. The lowest BCUT2D eigenvalue weighted by Crippen LogP contribution is -2.62. The van der Waals surface area contributed by atoms with Crippen LogP contribution in [0.15, 0.2) is 0 Å². The first-order chi connectivity index (χ1) is 9.33. The van der Waals surface area contributed by atoms with Crippen molar-refractivity contribution < 1.29 is 9.53 Å². The first-order valence-electron chi connectivity index (χ1n) is 8.04. The van der Waals surface area contributed by atoms with Gasteiger partial charge >= 0.3 is 6.09 Å². The fraction of sp³-hybridized carbons (Fsp3) is 0.938. The Kier molecular flexibility index (Phi) is 4.33. The molecule has 0 saturated heterocycles. The highest BCUT2D eigenvalue weighted by atomic mass is 16.6. The first kappa shape index (κ1) is 15.6. The number of amides is 1. The lowest BCUT2D eigenvalue weighted by Gasteiger charge is -2.55. The summed E-state index contributed by atoms with van der Waals surface area (Å²) in [5, 5.41) is 3.26. The molecule has 1 amide bonds. The molecule has 116 valence electrons. The van der Waals surface area contributed by atoms with Crippen molar-refractivity contribution in [2.45, 2.75) is 83.3 Å². The number of hydrogen-bond donors (Lipinski definition) is 2. The van der Waals surface area contributed by atoms with Crippen LogP contribution in [0.3, 0.4) is 0 Å². The van der Waals surface area contributed by atoms with Gasteiger partial charge in [-0.2, -0.15) is 0 Å². The number of nitrogens with one attached hydrogen (secondary N) is 1. The van der Waals surface area contributed by atoms with Crippen LogP contribution in [-0.2, 0) is 4.74 Å². The highest BCUT2D eigenvalue weighted by Crippen LogP contribution is 2.57. The van der Waals surface area contributed by atoms with Crippen LogP contribution in [0.2, 0.25) is 0 Å². The van der Waals surface area contributed by atoms with Crippen LogP contribution in [0.1, 0.15) is 72.1 Å².